The van der Waals surface area contributed by atoms with Crippen molar-refractivity contribution in [3.05, 3.63) is 63.7 Å². The molecule has 2 aromatic rings. The quantitative estimate of drug-likeness (QED) is 0.389. The number of rotatable bonds is 8. The van der Waals surface area contributed by atoms with E-state index in [1.54, 1.807) is 18.2 Å². The molecule has 0 aromatic heterocycles. The van der Waals surface area contributed by atoms with Crippen molar-refractivity contribution in [3.63, 3.8) is 0 Å². The number of benzene rings is 2. The highest BCUT2D eigenvalue weighted by atomic mass is 16.6. The zero-order valence-corrected chi connectivity index (χ0v) is 17.9. The van der Waals surface area contributed by atoms with Crippen molar-refractivity contribution in [2.24, 2.45) is 5.10 Å². The van der Waals surface area contributed by atoms with E-state index in [9.17, 15) is 14.9 Å². The predicted molar refractivity (Wildman–Crippen MR) is 121 cm³/mol. The van der Waals surface area contributed by atoms with Gasteiger partial charge in [-0.2, -0.15) is 5.10 Å². The Kier molecular flexibility index (Phi) is 7.59. The summed E-state index contributed by atoms with van der Waals surface area (Å²) in [4.78, 5) is 25.2. The van der Waals surface area contributed by atoms with Gasteiger partial charge in [-0.1, -0.05) is 24.6 Å². The Balaban J connectivity index is 1.70. The van der Waals surface area contributed by atoms with Crippen molar-refractivity contribution >= 4 is 23.5 Å². The molecule has 1 heterocycles. The van der Waals surface area contributed by atoms with E-state index in [0.29, 0.717) is 17.4 Å². The average molecular weight is 425 g/mol. The van der Waals surface area contributed by atoms with Crippen LogP contribution < -0.4 is 15.1 Å². The van der Waals surface area contributed by atoms with Gasteiger partial charge >= 0.3 is 0 Å². The van der Waals surface area contributed by atoms with Gasteiger partial charge in [0.25, 0.3) is 11.6 Å². The molecule has 8 heteroatoms. The maximum Gasteiger partial charge on any atom is 0.277 e. The van der Waals surface area contributed by atoms with Gasteiger partial charge in [-0.3, -0.25) is 14.9 Å². The molecule has 1 unspecified atom stereocenters. The van der Waals surface area contributed by atoms with E-state index in [-0.39, 0.29) is 12.3 Å². The third-order valence-corrected chi connectivity index (χ3v) is 5.41. The summed E-state index contributed by atoms with van der Waals surface area (Å²) >= 11 is 0. The number of nitro groups is 1. The van der Waals surface area contributed by atoms with E-state index in [0.717, 1.165) is 37.1 Å². The molecule has 1 saturated heterocycles. The number of aryl methyl sites for hydroxylation is 1. The monoisotopic (exact) mass is 424 g/mol. The van der Waals surface area contributed by atoms with Crippen molar-refractivity contribution in [2.45, 2.75) is 45.6 Å². The minimum atomic E-state index is -0.428. The molecule has 164 valence electrons. The van der Waals surface area contributed by atoms with Crippen LogP contribution in [0.2, 0.25) is 0 Å². The molecule has 1 aliphatic rings. The van der Waals surface area contributed by atoms with Gasteiger partial charge < -0.3 is 9.64 Å². The van der Waals surface area contributed by atoms with E-state index >= 15 is 0 Å². The van der Waals surface area contributed by atoms with Crippen LogP contribution in [0.5, 0.6) is 5.75 Å². The first-order chi connectivity index (χ1) is 15.0. The third-order valence-electron chi connectivity index (χ3n) is 5.41. The number of hydrazone groups is 1. The molecule has 1 atom stereocenters. The Morgan fingerprint density at radius 3 is 2.77 bits per heavy atom. The van der Waals surface area contributed by atoms with Crippen molar-refractivity contribution in [3.8, 4) is 5.75 Å². The molecule has 0 bridgehead atoms. The summed E-state index contributed by atoms with van der Waals surface area (Å²) in [7, 11) is 0. The first kappa shape index (κ1) is 22.3. The number of ether oxygens (including phenoxy) is 1. The number of piperidine rings is 1. The predicted octanol–water partition coefficient (Wildman–Crippen LogP) is 4.20. The highest BCUT2D eigenvalue weighted by Gasteiger charge is 2.24. The third kappa shape index (κ3) is 6.04. The van der Waals surface area contributed by atoms with Crippen molar-refractivity contribution < 1.29 is 14.5 Å². The molecular formula is C23H28N4O4. The zero-order valence-electron chi connectivity index (χ0n) is 17.9. The highest BCUT2D eigenvalue weighted by molar-refractivity contribution is 5.90. The van der Waals surface area contributed by atoms with Gasteiger partial charge in [0.1, 0.15) is 5.75 Å². The molecule has 1 fully saturated rings. The van der Waals surface area contributed by atoms with Gasteiger partial charge in [0.15, 0.2) is 6.61 Å². The number of hydrogen-bond donors (Lipinski definition) is 1. The summed E-state index contributed by atoms with van der Waals surface area (Å²) < 4.78 is 5.44. The molecule has 1 N–H and O–H groups in total. The lowest BCUT2D eigenvalue weighted by Crippen LogP contribution is -2.39. The summed E-state index contributed by atoms with van der Waals surface area (Å²) in [6.07, 6.45) is 5.82. The molecule has 0 radical (unpaired) electrons. The van der Waals surface area contributed by atoms with E-state index in [4.69, 9.17) is 4.74 Å². The fourth-order valence-corrected chi connectivity index (χ4v) is 3.75. The molecule has 0 saturated carbocycles. The number of nitro benzene ring substituents is 1. The van der Waals surface area contributed by atoms with Crippen LogP contribution in [0.1, 0.15) is 43.7 Å². The van der Waals surface area contributed by atoms with Crippen LogP contribution in [0, 0.1) is 17.0 Å². The van der Waals surface area contributed by atoms with Crippen molar-refractivity contribution in [2.75, 3.05) is 18.1 Å². The molecule has 0 aliphatic carbocycles. The first-order valence-electron chi connectivity index (χ1n) is 10.5. The van der Waals surface area contributed by atoms with E-state index < -0.39 is 10.8 Å². The topological polar surface area (TPSA) is 97.1 Å². The number of non-ortho nitro benzene ring substituents is 1. The Labute approximate surface area is 182 Å². The Hall–Kier alpha value is -3.42. The molecule has 0 spiro atoms. The lowest BCUT2D eigenvalue weighted by molar-refractivity contribution is -0.384. The zero-order chi connectivity index (χ0) is 22.2. The molecule has 31 heavy (non-hydrogen) atoms. The number of carbonyl (C=O) groups excluding carboxylic acids is 1. The van der Waals surface area contributed by atoms with Gasteiger partial charge in [0.2, 0.25) is 0 Å². The molecule has 1 amide bonds. The summed E-state index contributed by atoms with van der Waals surface area (Å²) in [5.41, 5.74) is 5.03. The minimum Gasteiger partial charge on any atom is -0.484 e. The number of nitrogens with zero attached hydrogens (tertiary/aromatic N) is 3. The van der Waals surface area contributed by atoms with Crippen LogP contribution >= 0.6 is 0 Å². The summed E-state index contributed by atoms with van der Waals surface area (Å²) in [6.45, 7) is 4.84. The van der Waals surface area contributed by atoms with Crippen molar-refractivity contribution in [1.82, 2.24) is 5.43 Å². The van der Waals surface area contributed by atoms with Gasteiger partial charge in [0, 0.05) is 36.0 Å². The van der Waals surface area contributed by atoms with Gasteiger partial charge in [-0.05, 0) is 50.8 Å². The lowest BCUT2D eigenvalue weighted by Gasteiger charge is -2.38. The number of hydrogen-bond acceptors (Lipinski definition) is 6. The Morgan fingerprint density at radius 2 is 2.06 bits per heavy atom. The number of amides is 1. The second-order valence-corrected chi connectivity index (χ2v) is 7.65. The SMILES string of the molecule is CCC1CCCCN1c1ccc([N+](=O)[O-])cc1/C=N/NC(=O)COc1ccc(C)cc1. The lowest BCUT2D eigenvalue weighted by atomic mass is 9.98. The van der Waals surface area contributed by atoms with Crippen LogP contribution in [0.4, 0.5) is 11.4 Å². The molecular weight excluding hydrogens is 396 g/mol. The van der Waals surface area contributed by atoms with Gasteiger partial charge in [0.05, 0.1) is 11.1 Å². The standard InChI is InChI=1S/C23H28N4O4/c1-3-19-6-4-5-13-26(19)22-12-9-20(27(29)30)14-18(22)15-24-25-23(28)16-31-21-10-7-17(2)8-11-21/h7-12,14-15,19H,3-6,13,16H2,1-2H3,(H,25,28)/b24-15+. The van der Waals surface area contributed by atoms with Crippen LogP contribution in [-0.4, -0.2) is 36.2 Å². The highest BCUT2D eigenvalue weighted by Crippen LogP contribution is 2.31. The smallest absolute Gasteiger partial charge is 0.277 e. The Bertz CT molecular complexity index is 943. The van der Waals surface area contributed by atoms with Crippen molar-refractivity contribution in [1.29, 1.82) is 0 Å². The van der Waals surface area contributed by atoms with E-state index in [1.807, 2.05) is 19.1 Å². The first-order valence-corrected chi connectivity index (χ1v) is 10.5. The fraction of sp³-hybridized carbons (Fsp3) is 0.391. The molecule has 3 rings (SSSR count). The molecule has 8 nitrogen and oxygen atoms in total. The second kappa shape index (κ2) is 10.6. The average Bonchev–Trinajstić information content (AvgIpc) is 2.78. The van der Waals surface area contributed by atoms with E-state index in [1.165, 1.54) is 24.8 Å². The molecule has 2 aromatic carbocycles. The number of carbonyl (C=O) groups is 1. The number of anilines is 1. The largest absolute Gasteiger partial charge is 0.484 e. The fourth-order valence-electron chi connectivity index (χ4n) is 3.75. The second-order valence-electron chi connectivity index (χ2n) is 7.65. The number of nitrogens with one attached hydrogen (secondary N) is 1. The van der Waals surface area contributed by atoms with Crippen LogP contribution in [0.25, 0.3) is 0 Å². The minimum absolute atomic E-state index is 0.00992. The summed E-state index contributed by atoms with van der Waals surface area (Å²) in [6, 6.07) is 12.6. The van der Waals surface area contributed by atoms with Crippen LogP contribution in [0.3, 0.4) is 0 Å². The summed E-state index contributed by atoms with van der Waals surface area (Å²) in [5, 5.41) is 15.3. The van der Waals surface area contributed by atoms with Crippen LogP contribution in [0.15, 0.2) is 47.6 Å². The van der Waals surface area contributed by atoms with E-state index in [2.05, 4.69) is 22.4 Å². The van der Waals surface area contributed by atoms with Gasteiger partial charge in [-0.25, -0.2) is 5.43 Å². The Morgan fingerprint density at radius 1 is 1.29 bits per heavy atom. The van der Waals surface area contributed by atoms with Crippen LogP contribution in [-0.2, 0) is 4.79 Å². The summed E-state index contributed by atoms with van der Waals surface area (Å²) in [5.74, 6) is 0.189. The maximum absolute atomic E-state index is 12.1. The van der Waals surface area contributed by atoms with Gasteiger partial charge in [-0.15, -0.1) is 0 Å². The normalized spacial score (nSPS) is 16.3. The molecule has 1 aliphatic heterocycles. The maximum atomic E-state index is 12.1.